The number of morpholine rings is 1. The minimum atomic E-state index is -4.53. The van der Waals surface area contributed by atoms with E-state index in [9.17, 15) is 22.8 Å². The molecule has 2 amide bonds. The fourth-order valence-corrected chi connectivity index (χ4v) is 6.01. The Balaban J connectivity index is 1.03. The molecule has 40 heavy (non-hydrogen) atoms. The molecular formula is C29H36F3N5O3. The number of hydrogen-bond donors (Lipinski definition) is 2. The van der Waals surface area contributed by atoms with Gasteiger partial charge in [-0.15, -0.1) is 0 Å². The molecule has 0 bridgehead atoms. The first kappa shape index (κ1) is 28.4. The summed E-state index contributed by atoms with van der Waals surface area (Å²) >= 11 is 0. The van der Waals surface area contributed by atoms with Crippen molar-refractivity contribution in [1.82, 2.24) is 20.5 Å². The SMILES string of the molecule is O=C(CNC(=O)c1cccc(C(F)(F)F)c1)N[C@@H]1CCN(C2CCC(c3ccc(N4CCOCC4)nc3)CC2)C1. The zero-order chi connectivity index (χ0) is 28.1. The molecule has 216 valence electrons. The van der Waals surface area contributed by atoms with Crippen LogP contribution < -0.4 is 15.5 Å². The van der Waals surface area contributed by atoms with Crippen molar-refractivity contribution in [3.63, 3.8) is 0 Å². The third kappa shape index (κ3) is 7.11. The van der Waals surface area contributed by atoms with Crippen LogP contribution in [-0.4, -0.2) is 79.7 Å². The fourth-order valence-electron chi connectivity index (χ4n) is 6.01. The normalized spacial score (nSPS) is 24.1. The van der Waals surface area contributed by atoms with Gasteiger partial charge in [-0.25, -0.2) is 4.98 Å². The lowest BCUT2D eigenvalue weighted by molar-refractivity contribution is -0.137. The molecule has 1 aromatic heterocycles. The molecule has 0 unspecified atom stereocenters. The van der Waals surface area contributed by atoms with E-state index >= 15 is 0 Å². The molecule has 1 atom stereocenters. The number of benzene rings is 1. The van der Waals surface area contributed by atoms with Gasteiger partial charge >= 0.3 is 6.18 Å². The van der Waals surface area contributed by atoms with Gasteiger partial charge in [0.25, 0.3) is 5.91 Å². The maximum atomic E-state index is 12.9. The molecule has 3 heterocycles. The maximum Gasteiger partial charge on any atom is 0.416 e. The molecule has 2 aromatic rings. The molecule has 0 radical (unpaired) electrons. The van der Waals surface area contributed by atoms with Gasteiger partial charge in [0.15, 0.2) is 0 Å². The van der Waals surface area contributed by atoms with Crippen LogP contribution in [0.15, 0.2) is 42.6 Å². The van der Waals surface area contributed by atoms with E-state index in [0.717, 1.165) is 89.4 Å². The molecule has 3 fully saturated rings. The Kier molecular flexibility index (Phi) is 8.90. The van der Waals surface area contributed by atoms with Crippen LogP contribution in [-0.2, 0) is 15.7 Å². The summed E-state index contributed by atoms with van der Waals surface area (Å²) in [6.07, 6.45) is 2.75. The number of nitrogens with zero attached hydrogens (tertiary/aromatic N) is 3. The highest BCUT2D eigenvalue weighted by molar-refractivity contribution is 5.96. The Morgan fingerprint density at radius 2 is 1.77 bits per heavy atom. The molecule has 1 saturated carbocycles. The van der Waals surface area contributed by atoms with E-state index in [1.807, 2.05) is 6.20 Å². The van der Waals surface area contributed by atoms with Crippen molar-refractivity contribution < 1.29 is 27.5 Å². The number of carbonyl (C=O) groups is 2. The van der Waals surface area contributed by atoms with Crippen LogP contribution in [0.2, 0.25) is 0 Å². The summed E-state index contributed by atoms with van der Waals surface area (Å²) in [5, 5.41) is 5.38. The van der Waals surface area contributed by atoms with Crippen molar-refractivity contribution in [3.8, 4) is 0 Å². The second-order valence-corrected chi connectivity index (χ2v) is 10.9. The van der Waals surface area contributed by atoms with Crippen molar-refractivity contribution >= 4 is 17.6 Å². The highest BCUT2D eigenvalue weighted by Crippen LogP contribution is 2.36. The summed E-state index contributed by atoms with van der Waals surface area (Å²) in [5.41, 5.74) is 0.270. The number of carbonyl (C=O) groups excluding carboxylic acids is 2. The molecule has 3 aliphatic rings. The van der Waals surface area contributed by atoms with Crippen LogP contribution in [0.3, 0.4) is 0 Å². The topological polar surface area (TPSA) is 86.8 Å². The van der Waals surface area contributed by atoms with Gasteiger partial charge in [-0.05, 0) is 67.9 Å². The van der Waals surface area contributed by atoms with Gasteiger partial charge in [-0.3, -0.25) is 14.5 Å². The van der Waals surface area contributed by atoms with Gasteiger partial charge in [-0.1, -0.05) is 12.1 Å². The van der Waals surface area contributed by atoms with E-state index in [1.54, 1.807) is 0 Å². The summed E-state index contributed by atoms with van der Waals surface area (Å²) < 4.78 is 44.1. The molecular weight excluding hydrogens is 523 g/mol. The van der Waals surface area contributed by atoms with E-state index < -0.39 is 17.6 Å². The van der Waals surface area contributed by atoms with Gasteiger partial charge in [-0.2, -0.15) is 13.2 Å². The van der Waals surface area contributed by atoms with Crippen LogP contribution >= 0.6 is 0 Å². The molecule has 2 saturated heterocycles. The van der Waals surface area contributed by atoms with E-state index in [1.165, 1.54) is 17.7 Å². The number of ether oxygens (including phenoxy) is 1. The summed E-state index contributed by atoms with van der Waals surface area (Å²) in [6, 6.07) is 8.99. The smallest absolute Gasteiger partial charge is 0.378 e. The van der Waals surface area contributed by atoms with Crippen molar-refractivity contribution in [3.05, 3.63) is 59.3 Å². The van der Waals surface area contributed by atoms with E-state index in [-0.39, 0.29) is 24.1 Å². The Bertz CT molecular complexity index is 1160. The molecule has 2 N–H and O–H groups in total. The highest BCUT2D eigenvalue weighted by atomic mass is 19.4. The van der Waals surface area contributed by atoms with Crippen molar-refractivity contribution in [2.24, 2.45) is 0 Å². The quantitative estimate of drug-likeness (QED) is 0.540. The van der Waals surface area contributed by atoms with Gasteiger partial charge < -0.3 is 20.3 Å². The van der Waals surface area contributed by atoms with Crippen LogP contribution in [0.4, 0.5) is 19.0 Å². The van der Waals surface area contributed by atoms with E-state index in [4.69, 9.17) is 9.72 Å². The Morgan fingerprint density at radius 1 is 1.00 bits per heavy atom. The first-order valence-electron chi connectivity index (χ1n) is 14.0. The molecule has 5 rings (SSSR count). The molecule has 0 spiro atoms. The van der Waals surface area contributed by atoms with Gasteiger partial charge in [0.05, 0.1) is 25.3 Å². The molecule has 11 heteroatoms. The predicted molar refractivity (Wildman–Crippen MR) is 144 cm³/mol. The zero-order valence-electron chi connectivity index (χ0n) is 22.5. The van der Waals surface area contributed by atoms with Crippen LogP contribution in [0.5, 0.6) is 0 Å². The average molecular weight is 560 g/mol. The van der Waals surface area contributed by atoms with Crippen molar-refractivity contribution in [2.45, 2.75) is 56.3 Å². The van der Waals surface area contributed by atoms with Gasteiger partial charge in [0, 0.05) is 50.0 Å². The number of aromatic nitrogens is 1. The van der Waals surface area contributed by atoms with Crippen LogP contribution in [0, 0.1) is 0 Å². The number of amides is 2. The predicted octanol–water partition coefficient (Wildman–Crippen LogP) is 3.58. The number of halogens is 3. The second-order valence-electron chi connectivity index (χ2n) is 10.9. The van der Waals surface area contributed by atoms with Crippen LogP contribution in [0.25, 0.3) is 0 Å². The van der Waals surface area contributed by atoms with E-state index in [0.29, 0.717) is 12.0 Å². The summed E-state index contributed by atoms with van der Waals surface area (Å²) in [4.78, 5) is 34.1. The van der Waals surface area contributed by atoms with Crippen molar-refractivity contribution in [2.75, 3.05) is 50.8 Å². The molecule has 1 aromatic carbocycles. The minimum absolute atomic E-state index is 0.00684. The third-order valence-electron chi connectivity index (χ3n) is 8.24. The number of rotatable bonds is 7. The molecule has 1 aliphatic carbocycles. The Morgan fingerprint density at radius 3 is 2.48 bits per heavy atom. The van der Waals surface area contributed by atoms with Crippen molar-refractivity contribution in [1.29, 1.82) is 0 Å². The second kappa shape index (κ2) is 12.6. The summed E-state index contributed by atoms with van der Waals surface area (Å²) in [5.74, 6) is 0.475. The third-order valence-corrected chi connectivity index (χ3v) is 8.24. The summed E-state index contributed by atoms with van der Waals surface area (Å²) in [6.45, 7) is 4.63. The number of hydrogen-bond acceptors (Lipinski definition) is 6. The highest BCUT2D eigenvalue weighted by Gasteiger charge is 2.33. The fraction of sp³-hybridized carbons (Fsp3) is 0.552. The number of nitrogens with one attached hydrogen (secondary N) is 2. The van der Waals surface area contributed by atoms with Gasteiger partial charge in [0.1, 0.15) is 5.82 Å². The first-order chi connectivity index (χ1) is 19.3. The molecule has 2 aliphatic heterocycles. The average Bonchev–Trinajstić information content (AvgIpc) is 3.44. The van der Waals surface area contributed by atoms with Gasteiger partial charge in [0.2, 0.25) is 5.91 Å². The van der Waals surface area contributed by atoms with Crippen LogP contribution in [0.1, 0.15) is 59.5 Å². The Labute approximate surface area is 232 Å². The summed E-state index contributed by atoms with van der Waals surface area (Å²) in [7, 11) is 0. The first-order valence-corrected chi connectivity index (χ1v) is 14.0. The zero-order valence-corrected chi connectivity index (χ0v) is 22.5. The molecule has 8 nitrogen and oxygen atoms in total. The van der Waals surface area contributed by atoms with E-state index in [2.05, 4.69) is 32.6 Å². The number of anilines is 1. The maximum absolute atomic E-state index is 12.9. The lowest BCUT2D eigenvalue weighted by Gasteiger charge is -2.35. The number of pyridine rings is 1. The minimum Gasteiger partial charge on any atom is -0.378 e. The monoisotopic (exact) mass is 559 g/mol. The lowest BCUT2D eigenvalue weighted by Crippen LogP contribution is -2.44. The lowest BCUT2D eigenvalue weighted by atomic mass is 9.82. The number of alkyl halides is 3. The largest absolute Gasteiger partial charge is 0.416 e. The Hall–Kier alpha value is -3.18. The number of likely N-dealkylation sites (tertiary alicyclic amines) is 1. The standard InChI is InChI=1S/C29H36F3N5O3/c30-29(31,32)23-3-1-2-21(16-23)28(39)34-18-27(38)35-24-10-11-37(19-24)25-7-4-20(5-8-25)22-6-9-26(33-17-22)36-12-14-40-15-13-36/h1-3,6,9,16-17,20,24-25H,4-5,7-8,10-15,18-19H2,(H,34,39)(H,35,38)/t20?,24-,25?/m1/s1.